The lowest BCUT2D eigenvalue weighted by atomic mass is 9.96. The van der Waals surface area contributed by atoms with Crippen molar-refractivity contribution in [1.29, 1.82) is 0 Å². The smallest absolute Gasteiger partial charge is 0.294 e. The summed E-state index contributed by atoms with van der Waals surface area (Å²) in [5.41, 5.74) is 3.03. The molecule has 2 aliphatic rings. The number of benzene rings is 2. The van der Waals surface area contributed by atoms with Crippen molar-refractivity contribution in [2.75, 3.05) is 18.4 Å². The Labute approximate surface area is 188 Å². The molecular formula is C20H23N5O4S2. The Bertz CT molecular complexity index is 1010. The molecule has 0 unspecified atom stereocenters. The number of likely N-dealkylation sites (tertiary alicyclic amines) is 1. The van der Waals surface area contributed by atoms with Crippen LogP contribution in [0.2, 0.25) is 0 Å². The van der Waals surface area contributed by atoms with Crippen LogP contribution in [-0.4, -0.2) is 34.6 Å². The first-order valence-electron chi connectivity index (χ1n) is 9.78. The maximum atomic E-state index is 13.0. The Morgan fingerprint density at radius 1 is 1.35 bits per heavy atom. The molecule has 1 spiro atoms. The predicted octanol–water partition coefficient (Wildman–Crippen LogP) is 3.32. The molecule has 1 saturated heterocycles. The average molecular weight is 462 g/mol. The summed E-state index contributed by atoms with van der Waals surface area (Å²) in [5, 5.41) is 18.9. The lowest BCUT2D eigenvalue weighted by molar-refractivity contribution is -0.763. The van der Waals surface area contributed by atoms with E-state index in [2.05, 4.69) is 27.0 Å². The highest BCUT2D eigenvalue weighted by Crippen LogP contribution is 2.40. The van der Waals surface area contributed by atoms with Crippen molar-refractivity contribution in [3.05, 3.63) is 63.2 Å². The van der Waals surface area contributed by atoms with E-state index in [1.54, 1.807) is 36.2 Å². The second kappa shape index (κ2) is 8.95. The van der Waals surface area contributed by atoms with Gasteiger partial charge in [-0.1, -0.05) is 12.1 Å². The van der Waals surface area contributed by atoms with Crippen molar-refractivity contribution in [3.8, 4) is 0 Å². The Kier molecular flexibility index (Phi) is 6.28. The molecule has 1 fully saturated rings. The van der Waals surface area contributed by atoms with Gasteiger partial charge in [-0.25, -0.2) is 4.72 Å². The van der Waals surface area contributed by atoms with Crippen molar-refractivity contribution in [2.24, 2.45) is 5.14 Å². The van der Waals surface area contributed by atoms with Gasteiger partial charge in [-0.05, 0) is 66.2 Å². The molecule has 2 aromatic carbocycles. The third-order valence-electron chi connectivity index (χ3n) is 5.55. The monoisotopic (exact) mass is 461 g/mol. The topological polar surface area (TPSA) is 123 Å². The molecule has 4 rings (SSSR count). The molecular weight excluding hydrogens is 438 g/mol. The molecule has 31 heavy (non-hydrogen) atoms. The number of aryl methyl sites for hydroxylation is 1. The van der Waals surface area contributed by atoms with Gasteiger partial charge in [0.05, 0.1) is 5.69 Å². The van der Waals surface area contributed by atoms with E-state index < -0.39 is 5.09 Å². The molecule has 1 amide bonds. The first kappa shape index (κ1) is 21.8. The number of fused-ring (bicyclic) bond motifs is 1. The number of carbonyl (C=O) groups excluding carboxylic acids is 1. The molecule has 0 atom stereocenters. The summed E-state index contributed by atoms with van der Waals surface area (Å²) >= 11 is 2.84. The number of rotatable bonds is 5. The summed E-state index contributed by atoms with van der Waals surface area (Å²) < 4.78 is 3.53. The zero-order valence-electron chi connectivity index (χ0n) is 16.9. The number of hydrogen-bond acceptors (Lipinski definition) is 9. The minimum Gasteiger partial charge on any atom is -0.365 e. The van der Waals surface area contributed by atoms with E-state index in [-0.39, 0.29) is 18.2 Å². The third kappa shape index (κ3) is 4.74. The highest BCUT2D eigenvalue weighted by molar-refractivity contribution is 7.98. The van der Waals surface area contributed by atoms with Crippen LogP contribution in [-0.2, 0) is 11.4 Å². The number of hydrogen-bond donors (Lipinski definition) is 3. The summed E-state index contributed by atoms with van der Waals surface area (Å²) in [4.78, 5) is 31.8. The SMILES string of the molecule is Cc1cc2c(cc1SN)SNC1(CCN(C(=O)c3cccc(CO[N+](=O)[O-])c3)CC1)N2. The first-order valence-corrected chi connectivity index (χ1v) is 11.5. The van der Waals surface area contributed by atoms with E-state index in [0.29, 0.717) is 24.2 Å². The van der Waals surface area contributed by atoms with Crippen molar-refractivity contribution in [2.45, 2.75) is 41.8 Å². The molecule has 11 heteroatoms. The number of nitrogens with one attached hydrogen (secondary N) is 2. The number of piperidine rings is 1. The van der Waals surface area contributed by atoms with Gasteiger partial charge in [0.2, 0.25) is 0 Å². The normalized spacial score (nSPS) is 17.0. The fourth-order valence-electron chi connectivity index (χ4n) is 3.84. The van der Waals surface area contributed by atoms with Crippen LogP contribution in [0.3, 0.4) is 0 Å². The third-order valence-corrected chi connectivity index (χ3v) is 7.29. The number of carbonyl (C=O) groups is 1. The number of nitrogens with two attached hydrogens (primary N) is 1. The Morgan fingerprint density at radius 3 is 2.84 bits per heavy atom. The van der Waals surface area contributed by atoms with Crippen LogP contribution in [0.1, 0.15) is 34.3 Å². The maximum Gasteiger partial charge on any atom is 0.294 e. The van der Waals surface area contributed by atoms with Crippen LogP contribution in [0.15, 0.2) is 46.2 Å². The van der Waals surface area contributed by atoms with Crippen LogP contribution in [0.5, 0.6) is 0 Å². The summed E-state index contributed by atoms with van der Waals surface area (Å²) in [6.07, 6.45) is 1.50. The molecule has 0 bridgehead atoms. The molecule has 0 saturated carbocycles. The van der Waals surface area contributed by atoms with Crippen LogP contribution >= 0.6 is 23.9 Å². The van der Waals surface area contributed by atoms with E-state index in [9.17, 15) is 14.9 Å². The van der Waals surface area contributed by atoms with Crippen molar-refractivity contribution in [3.63, 3.8) is 0 Å². The van der Waals surface area contributed by atoms with Gasteiger partial charge in [0.25, 0.3) is 11.0 Å². The highest BCUT2D eigenvalue weighted by atomic mass is 32.2. The van der Waals surface area contributed by atoms with E-state index in [1.807, 2.05) is 11.8 Å². The number of nitrogens with zero attached hydrogens (tertiary/aromatic N) is 2. The minimum atomic E-state index is -0.837. The molecule has 2 heterocycles. The Hall–Kier alpha value is -2.47. The van der Waals surface area contributed by atoms with E-state index in [4.69, 9.17) is 5.14 Å². The molecule has 9 nitrogen and oxygen atoms in total. The lowest BCUT2D eigenvalue weighted by Gasteiger charge is -2.45. The molecule has 0 radical (unpaired) electrons. The van der Waals surface area contributed by atoms with Gasteiger partial charge in [-0.2, -0.15) is 0 Å². The standard InChI is InChI=1S/C20H23N5O4S2/c1-13-9-16-18(11-17(13)30-21)31-23-20(22-16)5-7-24(8-6-20)19(26)15-4-2-3-14(10-15)12-29-25(27)28/h2-4,9-11,22-23H,5-8,12,21H2,1H3. The summed E-state index contributed by atoms with van der Waals surface area (Å²) in [6.45, 7) is 3.06. The fraction of sp³-hybridized carbons (Fsp3) is 0.350. The zero-order valence-corrected chi connectivity index (χ0v) is 18.6. The lowest BCUT2D eigenvalue weighted by Crippen LogP contribution is -2.58. The number of amides is 1. The van der Waals surface area contributed by atoms with E-state index in [0.717, 1.165) is 33.9 Å². The van der Waals surface area contributed by atoms with Crippen LogP contribution in [0.4, 0.5) is 5.69 Å². The quantitative estimate of drug-likeness (QED) is 0.349. The van der Waals surface area contributed by atoms with Gasteiger partial charge in [0.1, 0.15) is 12.3 Å². The Balaban J connectivity index is 1.41. The average Bonchev–Trinajstić information content (AvgIpc) is 2.77. The first-order chi connectivity index (χ1) is 14.9. The van der Waals surface area contributed by atoms with Gasteiger partial charge >= 0.3 is 0 Å². The van der Waals surface area contributed by atoms with Crippen LogP contribution < -0.4 is 15.2 Å². The van der Waals surface area contributed by atoms with Gasteiger partial charge in [-0.3, -0.25) is 9.93 Å². The summed E-state index contributed by atoms with van der Waals surface area (Å²) in [6, 6.07) is 11.0. The summed E-state index contributed by atoms with van der Waals surface area (Å²) in [5.74, 6) is -0.0814. The van der Waals surface area contributed by atoms with E-state index in [1.165, 1.54) is 11.9 Å². The second-order valence-corrected chi connectivity index (χ2v) is 9.16. The molecule has 164 valence electrons. The zero-order chi connectivity index (χ0) is 22.0. The maximum absolute atomic E-state index is 13.0. The van der Waals surface area contributed by atoms with Gasteiger partial charge < -0.3 is 15.1 Å². The number of anilines is 1. The van der Waals surface area contributed by atoms with E-state index >= 15 is 0 Å². The highest BCUT2D eigenvalue weighted by Gasteiger charge is 2.39. The molecule has 0 aromatic heterocycles. The second-order valence-electron chi connectivity index (χ2n) is 7.63. The fourth-order valence-corrected chi connectivity index (χ4v) is 5.30. The van der Waals surface area contributed by atoms with Gasteiger partial charge in [0.15, 0.2) is 0 Å². The van der Waals surface area contributed by atoms with Crippen molar-refractivity contribution < 1.29 is 14.7 Å². The van der Waals surface area contributed by atoms with Crippen molar-refractivity contribution in [1.82, 2.24) is 9.62 Å². The van der Waals surface area contributed by atoms with Crippen LogP contribution in [0.25, 0.3) is 0 Å². The summed E-state index contributed by atoms with van der Waals surface area (Å²) in [7, 11) is 0. The van der Waals surface area contributed by atoms with Crippen LogP contribution in [0, 0.1) is 17.0 Å². The largest absolute Gasteiger partial charge is 0.365 e. The molecule has 0 aliphatic carbocycles. The predicted molar refractivity (Wildman–Crippen MR) is 120 cm³/mol. The van der Waals surface area contributed by atoms with Crippen molar-refractivity contribution >= 4 is 35.5 Å². The van der Waals surface area contributed by atoms with Gasteiger partial charge in [-0.15, -0.1) is 10.1 Å². The molecule has 2 aromatic rings. The minimum absolute atomic E-state index is 0.0814. The Morgan fingerprint density at radius 2 is 2.13 bits per heavy atom. The van der Waals surface area contributed by atoms with Gasteiger partial charge in [0, 0.05) is 41.3 Å². The molecule has 2 aliphatic heterocycles. The molecule has 4 N–H and O–H groups in total.